The predicted molar refractivity (Wildman–Crippen MR) is 191 cm³/mol. The summed E-state index contributed by atoms with van der Waals surface area (Å²) < 4.78 is 66.7. The second kappa shape index (κ2) is 15.8. The van der Waals surface area contributed by atoms with Crippen LogP contribution in [-0.4, -0.2) is 78.3 Å². The molecule has 0 spiro atoms. The van der Waals surface area contributed by atoms with Gasteiger partial charge in [0, 0.05) is 69.2 Å². The lowest BCUT2D eigenvalue weighted by Crippen LogP contribution is -2.49. The molecule has 4 aromatic rings. The number of ether oxygens (including phenoxy) is 2. The Morgan fingerprint density at radius 1 is 0.980 bits per heavy atom. The molecule has 1 aliphatic rings. The van der Waals surface area contributed by atoms with Gasteiger partial charge in [-0.15, -0.1) is 0 Å². The number of piperazine rings is 1. The van der Waals surface area contributed by atoms with Crippen molar-refractivity contribution in [3.63, 3.8) is 0 Å². The van der Waals surface area contributed by atoms with Crippen molar-refractivity contribution < 1.29 is 31.8 Å². The van der Waals surface area contributed by atoms with E-state index in [0.717, 1.165) is 71.5 Å². The second-order valence-electron chi connectivity index (χ2n) is 12.8. The van der Waals surface area contributed by atoms with E-state index >= 15 is 4.39 Å². The van der Waals surface area contributed by atoms with Crippen molar-refractivity contribution in [3.05, 3.63) is 87.7 Å². The predicted octanol–water partition coefficient (Wildman–Crippen LogP) is 8.66. The highest BCUT2D eigenvalue weighted by atomic mass is 35.5. The average Bonchev–Trinajstić information content (AvgIpc) is 3.07. The molecule has 1 aliphatic heterocycles. The van der Waals surface area contributed by atoms with Crippen LogP contribution in [0, 0.1) is 26.6 Å². The first-order valence-electron chi connectivity index (χ1n) is 16.5. The normalized spacial score (nSPS) is 14.1. The summed E-state index contributed by atoms with van der Waals surface area (Å²) in [6.07, 6.45) is -5.69. The highest BCUT2D eigenvalue weighted by Gasteiger charge is 2.32. The van der Waals surface area contributed by atoms with E-state index in [1.807, 2.05) is 32.9 Å². The van der Waals surface area contributed by atoms with Gasteiger partial charge >= 0.3 is 12.3 Å². The van der Waals surface area contributed by atoms with E-state index in [4.69, 9.17) is 21.1 Å². The van der Waals surface area contributed by atoms with Gasteiger partial charge < -0.3 is 14.8 Å². The number of carbonyl (C=O) groups is 1. The van der Waals surface area contributed by atoms with Gasteiger partial charge in [-0.25, -0.2) is 14.2 Å². The molecule has 14 heteroatoms. The molecule has 0 aliphatic carbocycles. The van der Waals surface area contributed by atoms with Gasteiger partial charge in [-0.05, 0) is 81.6 Å². The van der Waals surface area contributed by atoms with Crippen LogP contribution in [0.25, 0.3) is 11.3 Å². The fraction of sp³-hybridized carbons (Fsp3) is 0.378. The third-order valence-electron chi connectivity index (χ3n) is 9.13. The Hall–Kier alpha value is -4.46. The number of nitrogens with one attached hydrogen (secondary N) is 1. The van der Waals surface area contributed by atoms with Gasteiger partial charge in [0.25, 0.3) is 0 Å². The number of amides is 1. The number of carbonyl (C=O) groups excluding carboxylic acids is 1. The van der Waals surface area contributed by atoms with E-state index in [1.165, 1.54) is 25.2 Å². The molecule has 1 N–H and O–H groups in total. The lowest BCUT2D eigenvalue weighted by Gasteiger charge is -2.36. The van der Waals surface area contributed by atoms with Crippen LogP contribution >= 0.6 is 11.6 Å². The van der Waals surface area contributed by atoms with E-state index in [9.17, 15) is 18.0 Å². The summed E-state index contributed by atoms with van der Waals surface area (Å²) in [6.45, 7) is 15.1. The zero-order valence-electron chi connectivity index (χ0n) is 29.4. The molecule has 0 radical (unpaired) electrons. The van der Waals surface area contributed by atoms with E-state index < -0.39 is 23.7 Å². The number of alkyl halides is 3. The molecule has 272 valence electrons. The van der Waals surface area contributed by atoms with Crippen molar-refractivity contribution >= 4 is 35.0 Å². The monoisotopic (exact) mass is 728 g/mol. The molecule has 51 heavy (non-hydrogen) atoms. The molecule has 2 heterocycles. The number of nitrogens with zero attached hydrogens (tertiary/aromatic N) is 5. The van der Waals surface area contributed by atoms with Gasteiger partial charge in [-0.3, -0.25) is 14.7 Å². The topological polar surface area (TPSA) is 83.1 Å². The summed E-state index contributed by atoms with van der Waals surface area (Å²) in [6, 6.07) is 12.8. The summed E-state index contributed by atoms with van der Waals surface area (Å²) in [5, 5.41) is 2.89. The number of aryl methyl sites for hydroxylation is 1. The number of rotatable bonds is 10. The van der Waals surface area contributed by atoms with Crippen molar-refractivity contribution in [2.45, 2.75) is 46.8 Å². The summed E-state index contributed by atoms with van der Waals surface area (Å²) >= 11 is 6.16. The van der Waals surface area contributed by atoms with Gasteiger partial charge in [0.15, 0.2) is 11.6 Å². The molecule has 0 saturated carbocycles. The molecule has 5 rings (SSSR count). The first kappa shape index (κ1) is 37.8. The van der Waals surface area contributed by atoms with Gasteiger partial charge in [0.2, 0.25) is 11.8 Å². The lowest BCUT2D eigenvalue weighted by atomic mass is 9.97. The molecule has 1 fully saturated rings. The Bertz CT molecular complexity index is 1880. The number of halogens is 5. The summed E-state index contributed by atoms with van der Waals surface area (Å²) in [5.74, 6) is -0.694. The van der Waals surface area contributed by atoms with Gasteiger partial charge in [-0.2, -0.15) is 18.2 Å². The smallest absolute Gasteiger partial charge is 0.420 e. The van der Waals surface area contributed by atoms with Crippen molar-refractivity contribution in [1.82, 2.24) is 19.8 Å². The first-order valence-corrected chi connectivity index (χ1v) is 16.9. The zero-order chi connectivity index (χ0) is 37.0. The van der Waals surface area contributed by atoms with Crippen molar-refractivity contribution in [1.29, 1.82) is 0 Å². The quantitative estimate of drug-likeness (QED) is 0.163. The largest absolute Gasteiger partial charge is 0.489 e. The third-order valence-corrected chi connectivity index (χ3v) is 9.45. The SMILES string of the molecule is Cc1ccc(-c2cc(OC(=O)N(C)c3cc(C(F)(F)F)ccc3Cl)nc(Nc3ccc(OCCN4CCN(C(C)C)CC4)c(F)c3)n2)c(C)c1C. The van der Waals surface area contributed by atoms with Crippen LogP contribution in [-0.2, 0) is 6.18 Å². The van der Waals surface area contributed by atoms with E-state index in [0.29, 0.717) is 30.6 Å². The van der Waals surface area contributed by atoms with Gasteiger partial charge in [-0.1, -0.05) is 23.7 Å². The highest BCUT2D eigenvalue weighted by molar-refractivity contribution is 6.33. The molecule has 1 saturated heterocycles. The van der Waals surface area contributed by atoms with E-state index in [-0.39, 0.29) is 28.3 Å². The first-order chi connectivity index (χ1) is 24.1. The van der Waals surface area contributed by atoms with Crippen LogP contribution in [0.2, 0.25) is 5.02 Å². The van der Waals surface area contributed by atoms with Gasteiger partial charge in [0.1, 0.15) is 6.61 Å². The van der Waals surface area contributed by atoms with Crippen molar-refractivity contribution in [2.24, 2.45) is 0 Å². The minimum atomic E-state index is -4.65. The molecule has 0 unspecified atom stereocenters. The fourth-order valence-corrected chi connectivity index (χ4v) is 5.96. The summed E-state index contributed by atoms with van der Waals surface area (Å²) in [5.41, 5.74) is 3.28. The maximum atomic E-state index is 15.2. The Morgan fingerprint density at radius 3 is 2.37 bits per heavy atom. The minimum Gasteiger partial charge on any atom is -0.489 e. The molecule has 9 nitrogen and oxygen atoms in total. The van der Waals surface area contributed by atoms with Crippen LogP contribution in [0.5, 0.6) is 11.6 Å². The van der Waals surface area contributed by atoms with Crippen LogP contribution in [0.1, 0.15) is 36.1 Å². The molecule has 3 aromatic carbocycles. The number of hydrogen-bond donors (Lipinski definition) is 1. The van der Waals surface area contributed by atoms with Crippen LogP contribution in [0.4, 0.5) is 39.7 Å². The van der Waals surface area contributed by atoms with Crippen LogP contribution in [0.15, 0.2) is 54.6 Å². The second-order valence-corrected chi connectivity index (χ2v) is 13.2. The molecule has 1 amide bonds. The van der Waals surface area contributed by atoms with Crippen molar-refractivity contribution in [2.75, 3.05) is 56.6 Å². The van der Waals surface area contributed by atoms with Crippen LogP contribution in [0.3, 0.4) is 0 Å². The minimum absolute atomic E-state index is 0.0127. The zero-order valence-corrected chi connectivity index (χ0v) is 30.1. The Morgan fingerprint density at radius 2 is 1.71 bits per heavy atom. The number of aromatic nitrogens is 2. The van der Waals surface area contributed by atoms with E-state index in [1.54, 1.807) is 6.07 Å². The van der Waals surface area contributed by atoms with Crippen molar-refractivity contribution in [3.8, 4) is 22.9 Å². The van der Waals surface area contributed by atoms with Gasteiger partial charge in [0.05, 0.1) is 22.0 Å². The Kier molecular flexibility index (Phi) is 11.7. The number of benzene rings is 3. The third kappa shape index (κ3) is 9.26. The fourth-order valence-electron chi connectivity index (χ4n) is 5.72. The molecule has 1 aromatic heterocycles. The maximum Gasteiger partial charge on any atom is 0.420 e. The Balaban J connectivity index is 1.35. The summed E-state index contributed by atoms with van der Waals surface area (Å²) in [4.78, 5) is 27.8. The highest BCUT2D eigenvalue weighted by Crippen LogP contribution is 2.36. The molecule has 0 atom stereocenters. The number of hydrogen-bond acceptors (Lipinski definition) is 8. The molecular weight excluding hydrogens is 688 g/mol. The lowest BCUT2D eigenvalue weighted by molar-refractivity contribution is -0.137. The van der Waals surface area contributed by atoms with Crippen LogP contribution < -0.4 is 19.7 Å². The Labute approximate surface area is 300 Å². The number of anilines is 3. The average molecular weight is 729 g/mol. The molecular formula is C37H41ClF4N6O3. The standard InChI is InChI=1S/C37H41ClF4N6O3/c1-22(2)48-15-13-47(14-16-48)17-18-50-33-12-9-27(20-30(33)39)43-35-44-31(28-10-7-23(3)24(4)25(28)5)21-34(45-35)51-36(49)46(6)32-19-26(37(40,41)42)8-11-29(32)38/h7-12,19-22H,13-18H2,1-6H3,(H,43,44,45). The van der Waals surface area contributed by atoms with E-state index in [2.05, 4.69) is 38.9 Å². The molecule has 0 bridgehead atoms. The summed E-state index contributed by atoms with van der Waals surface area (Å²) in [7, 11) is 1.23. The maximum absolute atomic E-state index is 15.2.